The average molecular weight is 293 g/mol. The van der Waals surface area contributed by atoms with Crippen LogP contribution in [0.4, 0.5) is 5.69 Å². The third-order valence-electron chi connectivity index (χ3n) is 4.32. The number of likely N-dealkylation sites (tertiary alicyclic amines) is 1. The Hall–Kier alpha value is -1.53. The van der Waals surface area contributed by atoms with Gasteiger partial charge >= 0.3 is 0 Å². The second kappa shape index (κ2) is 6.95. The fourth-order valence-corrected chi connectivity index (χ4v) is 3.14. The summed E-state index contributed by atoms with van der Waals surface area (Å²) in [6.07, 6.45) is 5.74. The van der Waals surface area contributed by atoms with Crippen molar-refractivity contribution in [1.29, 1.82) is 0 Å². The Morgan fingerprint density at radius 3 is 2.90 bits per heavy atom. The van der Waals surface area contributed by atoms with Crippen molar-refractivity contribution in [3.05, 3.63) is 33.1 Å². The van der Waals surface area contributed by atoms with Crippen LogP contribution < -0.4 is 0 Å². The molecule has 1 aliphatic heterocycles. The Labute approximate surface area is 125 Å². The number of nitrogens with zero attached hydrogens (tertiary/aromatic N) is 3. The molecule has 0 aliphatic carbocycles. The van der Waals surface area contributed by atoms with Crippen molar-refractivity contribution in [1.82, 2.24) is 9.88 Å². The van der Waals surface area contributed by atoms with Gasteiger partial charge in [-0.15, -0.1) is 0 Å². The highest BCUT2D eigenvalue weighted by atomic mass is 16.6. The highest BCUT2D eigenvalue weighted by molar-refractivity contribution is 5.47. The number of aryl methyl sites for hydroxylation is 1. The molecule has 0 spiro atoms. The Kier molecular flexibility index (Phi) is 5.25. The smallest absolute Gasteiger partial charge is 0.278 e. The van der Waals surface area contributed by atoms with Gasteiger partial charge in [0.1, 0.15) is 0 Å². The zero-order valence-electron chi connectivity index (χ0n) is 12.7. The van der Waals surface area contributed by atoms with Crippen molar-refractivity contribution in [2.75, 3.05) is 13.2 Å². The molecule has 1 unspecified atom stereocenters. The molecule has 1 fully saturated rings. The first kappa shape index (κ1) is 15.9. The molecule has 21 heavy (non-hydrogen) atoms. The first-order valence-corrected chi connectivity index (χ1v) is 7.49. The SMILES string of the molecule is Cc1cnc(CN2CCCCC2CCO)c(C)c1[N+](=O)[O-]. The Morgan fingerprint density at radius 1 is 1.48 bits per heavy atom. The second-order valence-corrected chi connectivity index (χ2v) is 5.75. The zero-order valence-corrected chi connectivity index (χ0v) is 12.7. The summed E-state index contributed by atoms with van der Waals surface area (Å²) in [7, 11) is 0. The number of aliphatic hydroxyl groups excluding tert-OH is 1. The fraction of sp³-hybridized carbons (Fsp3) is 0.667. The highest BCUT2D eigenvalue weighted by Crippen LogP contribution is 2.27. The van der Waals surface area contributed by atoms with Gasteiger partial charge in [0.05, 0.1) is 10.6 Å². The highest BCUT2D eigenvalue weighted by Gasteiger charge is 2.25. The molecular weight excluding hydrogens is 270 g/mol. The predicted molar refractivity (Wildman–Crippen MR) is 80.1 cm³/mol. The third kappa shape index (κ3) is 3.57. The normalized spacial score (nSPS) is 19.7. The molecule has 0 radical (unpaired) electrons. The van der Waals surface area contributed by atoms with E-state index in [1.807, 2.05) is 0 Å². The first-order chi connectivity index (χ1) is 10.0. The summed E-state index contributed by atoms with van der Waals surface area (Å²) < 4.78 is 0. The molecule has 6 heteroatoms. The van der Waals surface area contributed by atoms with Gasteiger partial charge in [0.2, 0.25) is 0 Å². The fourth-order valence-electron chi connectivity index (χ4n) is 3.14. The topological polar surface area (TPSA) is 79.5 Å². The number of rotatable bonds is 5. The van der Waals surface area contributed by atoms with E-state index >= 15 is 0 Å². The van der Waals surface area contributed by atoms with E-state index in [0.29, 0.717) is 23.7 Å². The van der Waals surface area contributed by atoms with Crippen LogP contribution in [0.25, 0.3) is 0 Å². The molecule has 1 aromatic heterocycles. The van der Waals surface area contributed by atoms with E-state index in [1.165, 1.54) is 6.42 Å². The van der Waals surface area contributed by atoms with E-state index < -0.39 is 0 Å². The standard InChI is InChI=1S/C15H23N3O3/c1-11-9-16-14(12(2)15(11)18(20)21)10-17-7-4-3-5-13(17)6-8-19/h9,13,19H,3-8,10H2,1-2H3. The maximum Gasteiger partial charge on any atom is 0.278 e. The van der Waals surface area contributed by atoms with Crippen LogP contribution in [0.15, 0.2) is 6.20 Å². The van der Waals surface area contributed by atoms with Gasteiger partial charge in [0.25, 0.3) is 5.69 Å². The van der Waals surface area contributed by atoms with E-state index in [2.05, 4.69) is 9.88 Å². The molecule has 1 saturated heterocycles. The zero-order chi connectivity index (χ0) is 15.4. The van der Waals surface area contributed by atoms with Gasteiger partial charge in [-0.2, -0.15) is 0 Å². The van der Waals surface area contributed by atoms with Crippen molar-refractivity contribution < 1.29 is 10.0 Å². The molecule has 0 bridgehead atoms. The van der Waals surface area contributed by atoms with Crippen LogP contribution in [0, 0.1) is 24.0 Å². The third-order valence-corrected chi connectivity index (χ3v) is 4.32. The molecule has 1 N–H and O–H groups in total. The molecule has 1 atom stereocenters. The number of hydrogen-bond donors (Lipinski definition) is 1. The van der Waals surface area contributed by atoms with Gasteiger partial charge in [-0.25, -0.2) is 0 Å². The molecule has 1 aliphatic rings. The molecule has 116 valence electrons. The van der Waals surface area contributed by atoms with Gasteiger partial charge < -0.3 is 5.11 Å². The number of aliphatic hydroxyl groups is 1. The lowest BCUT2D eigenvalue weighted by Crippen LogP contribution is -2.39. The summed E-state index contributed by atoms with van der Waals surface area (Å²) in [5.41, 5.74) is 2.22. The molecule has 0 aromatic carbocycles. The Bertz CT molecular complexity index is 517. The van der Waals surface area contributed by atoms with E-state index in [4.69, 9.17) is 0 Å². The summed E-state index contributed by atoms with van der Waals surface area (Å²) in [5, 5.41) is 20.4. The van der Waals surface area contributed by atoms with Gasteiger partial charge in [0.15, 0.2) is 0 Å². The van der Waals surface area contributed by atoms with Crippen LogP contribution >= 0.6 is 0 Å². The summed E-state index contributed by atoms with van der Waals surface area (Å²) in [4.78, 5) is 17.6. The minimum Gasteiger partial charge on any atom is -0.396 e. The molecule has 0 amide bonds. The van der Waals surface area contributed by atoms with E-state index in [9.17, 15) is 15.2 Å². The van der Waals surface area contributed by atoms with Gasteiger partial charge in [-0.05, 0) is 39.7 Å². The quantitative estimate of drug-likeness (QED) is 0.666. The summed E-state index contributed by atoms with van der Waals surface area (Å²) >= 11 is 0. The van der Waals surface area contributed by atoms with Crippen LogP contribution in [-0.2, 0) is 6.54 Å². The van der Waals surface area contributed by atoms with Crippen molar-refractivity contribution in [2.24, 2.45) is 0 Å². The maximum absolute atomic E-state index is 11.2. The monoisotopic (exact) mass is 293 g/mol. The van der Waals surface area contributed by atoms with Crippen LogP contribution in [-0.4, -0.2) is 39.1 Å². The van der Waals surface area contributed by atoms with E-state index in [-0.39, 0.29) is 17.2 Å². The predicted octanol–water partition coefficient (Wildman–Crippen LogP) is 2.34. The first-order valence-electron chi connectivity index (χ1n) is 7.49. The summed E-state index contributed by atoms with van der Waals surface area (Å²) in [6.45, 7) is 5.27. The average Bonchev–Trinajstić information content (AvgIpc) is 2.44. The molecule has 2 heterocycles. The van der Waals surface area contributed by atoms with E-state index in [0.717, 1.165) is 31.5 Å². The van der Waals surface area contributed by atoms with Crippen LogP contribution in [0.2, 0.25) is 0 Å². The minimum atomic E-state index is -0.322. The number of pyridine rings is 1. The van der Waals surface area contributed by atoms with Crippen LogP contribution in [0.5, 0.6) is 0 Å². The van der Waals surface area contributed by atoms with Crippen molar-refractivity contribution in [3.8, 4) is 0 Å². The van der Waals surface area contributed by atoms with Gasteiger partial charge in [-0.1, -0.05) is 6.42 Å². The van der Waals surface area contributed by atoms with Crippen LogP contribution in [0.3, 0.4) is 0 Å². The van der Waals surface area contributed by atoms with E-state index in [1.54, 1.807) is 20.0 Å². The number of hydrogen-bond acceptors (Lipinski definition) is 5. The second-order valence-electron chi connectivity index (χ2n) is 5.75. The summed E-state index contributed by atoms with van der Waals surface area (Å²) in [6, 6.07) is 0.352. The lowest BCUT2D eigenvalue weighted by molar-refractivity contribution is -0.386. The van der Waals surface area contributed by atoms with Crippen molar-refractivity contribution >= 4 is 5.69 Å². The lowest BCUT2D eigenvalue weighted by atomic mass is 9.98. The Balaban J connectivity index is 2.22. The van der Waals surface area contributed by atoms with Crippen molar-refractivity contribution in [2.45, 2.75) is 52.1 Å². The maximum atomic E-state index is 11.2. The van der Waals surface area contributed by atoms with Gasteiger partial charge in [-0.3, -0.25) is 20.0 Å². The van der Waals surface area contributed by atoms with Gasteiger partial charge in [0, 0.05) is 36.5 Å². The largest absolute Gasteiger partial charge is 0.396 e. The minimum absolute atomic E-state index is 0.177. The molecule has 2 rings (SSSR count). The molecule has 1 aromatic rings. The lowest BCUT2D eigenvalue weighted by Gasteiger charge is -2.35. The van der Waals surface area contributed by atoms with Crippen molar-refractivity contribution in [3.63, 3.8) is 0 Å². The molecule has 0 saturated carbocycles. The number of aromatic nitrogens is 1. The Morgan fingerprint density at radius 2 is 2.24 bits per heavy atom. The number of piperidine rings is 1. The molecule has 6 nitrogen and oxygen atoms in total. The van der Waals surface area contributed by atoms with Crippen LogP contribution in [0.1, 0.15) is 42.5 Å². The number of nitro groups is 1. The molecular formula is C15H23N3O3. The summed E-state index contributed by atoms with van der Waals surface area (Å²) in [5.74, 6) is 0.